The van der Waals surface area contributed by atoms with Crippen molar-refractivity contribution >= 4 is 17.7 Å². The Morgan fingerprint density at radius 2 is 1.81 bits per heavy atom. The summed E-state index contributed by atoms with van der Waals surface area (Å²) in [5.41, 5.74) is 6.80. The van der Waals surface area contributed by atoms with Gasteiger partial charge in [-0.1, -0.05) is 54.6 Å². The summed E-state index contributed by atoms with van der Waals surface area (Å²) in [5.74, 6) is -1.63. The first-order valence-electron chi connectivity index (χ1n) is 9.81. The Bertz CT molecular complexity index is 1260. The minimum atomic E-state index is -1.04. The lowest BCUT2D eigenvalue weighted by molar-refractivity contribution is 0.0931. The van der Waals surface area contributed by atoms with Gasteiger partial charge < -0.3 is 16.2 Å². The van der Waals surface area contributed by atoms with E-state index in [0.29, 0.717) is 6.54 Å². The second kappa shape index (κ2) is 10.1. The average molecular weight is 433 g/mol. The highest BCUT2D eigenvalue weighted by Gasteiger charge is 2.18. The predicted octanol–water partition coefficient (Wildman–Crippen LogP) is 1.83. The number of amides is 1. The number of nitrogens with zero attached hydrogens (tertiary/aromatic N) is 1. The van der Waals surface area contributed by atoms with Gasteiger partial charge >= 0.3 is 5.69 Å². The Balaban J connectivity index is 1.68. The molecule has 0 saturated carbocycles. The summed E-state index contributed by atoms with van der Waals surface area (Å²) in [5, 5.41) is 12.4. The fourth-order valence-corrected chi connectivity index (χ4v) is 3.01. The second-order valence-corrected chi connectivity index (χ2v) is 7.03. The van der Waals surface area contributed by atoms with Gasteiger partial charge in [-0.25, -0.2) is 4.79 Å². The first-order chi connectivity index (χ1) is 15.4. The van der Waals surface area contributed by atoms with Gasteiger partial charge in [0.1, 0.15) is 0 Å². The zero-order valence-electron chi connectivity index (χ0n) is 17.3. The fraction of sp³-hybridized carbons (Fsp3) is 0.130. The number of aromatic hydroxyl groups is 1. The van der Waals surface area contributed by atoms with E-state index in [1.807, 2.05) is 59.6 Å². The number of aromatic amines is 2. The van der Waals surface area contributed by atoms with E-state index in [4.69, 9.17) is 5.73 Å². The minimum absolute atomic E-state index is 0.462. The number of carbonyl (C=O) groups is 1. The number of nitrogens with one attached hydrogen (secondary N) is 3. The molecule has 0 bridgehead atoms. The van der Waals surface area contributed by atoms with Crippen molar-refractivity contribution in [1.82, 2.24) is 15.3 Å². The molecule has 1 heterocycles. The molecular weight excluding hydrogens is 410 g/mol. The van der Waals surface area contributed by atoms with Crippen LogP contribution in [0.1, 0.15) is 40.1 Å². The van der Waals surface area contributed by atoms with Gasteiger partial charge in [0.05, 0.1) is 12.6 Å². The van der Waals surface area contributed by atoms with Gasteiger partial charge in [0.2, 0.25) is 5.75 Å². The fourth-order valence-electron chi connectivity index (χ4n) is 3.01. The number of benzene rings is 2. The molecule has 9 nitrogen and oxygen atoms in total. The molecule has 32 heavy (non-hydrogen) atoms. The van der Waals surface area contributed by atoms with Gasteiger partial charge in [-0.3, -0.25) is 24.5 Å². The molecule has 1 amide bonds. The average Bonchev–Trinajstić information content (AvgIpc) is 2.80. The molecule has 1 aromatic heterocycles. The van der Waals surface area contributed by atoms with Crippen LogP contribution in [0.25, 0.3) is 5.57 Å². The molecule has 3 aromatic rings. The van der Waals surface area contributed by atoms with Crippen molar-refractivity contribution in [2.24, 2.45) is 10.7 Å². The largest absolute Gasteiger partial charge is 0.501 e. The quantitative estimate of drug-likeness (QED) is 0.360. The highest BCUT2D eigenvalue weighted by molar-refractivity contribution is 6.09. The van der Waals surface area contributed by atoms with Crippen LogP contribution in [0.5, 0.6) is 5.75 Å². The molecule has 2 aromatic carbocycles. The second-order valence-electron chi connectivity index (χ2n) is 7.03. The number of hydrogen-bond donors (Lipinski definition) is 5. The molecule has 0 aliphatic carbocycles. The number of nitrogens with two attached hydrogens (primary N) is 1. The highest BCUT2D eigenvalue weighted by Crippen LogP contribution is 2.18. The molecular formula is C23H23N5O4. The van der Waals surface area contributed by atoms with Crippen LogP contribution in [-0.4, -0.2) is 27.2 Å². The molecule has 0 saturated heterocycles. The van der Waals surface area contributed by atoms with E-state index in [2.05, 4.69) is 15.3 Å². The summed E-state index contributed by atoms with van der Waals surface area (Å²) < 4.78 is 0. The molecule has 0 radical (unpaired) electrons. The summed E-state index contributed by atoms with van der Waals surface area (Å²) in [7, 11) is 0. The Morgan fingerprint density at radius 3 is 2.47 bits per heavy atom. The van der Waals surface area contributed by atoms with Crippen LogP contribution in [0.2, 0.25) is 0 Å². The molecule has 0 spiro atoms. The lowest BCUT2D eigenvalue weighted by Crippen LogP contribution is -2.32. The van der Waals surface area contributed by atoms with Gasteiger partial charge in [-0.15, -0.1) is 0 Å². The summed E-state index contributed by atoms with van der Waals surface area (Å²) >= 11 is 0. The number of H-pyrrole nitrogens is 2. The van der Waals surface area contributed by atoms with Crippen molar-refractivity contribution in [2.45, 2.75) is 19.5 Å². The lowest BCUT2D eigenvalue weighted by atomic mass is 10.0. The molecule has 3 rings (SSSR count). The molecule has 9 heteroatoms. The topological polar surface area (TPSA) is 153 Å². The van der Waals surface area contributed by atoms with Crippen molar-refractivity contribution in [1.29, 1.82) is 0 Å². The van der Waals surface area contributed by atoms with Crippen LogP contribution in [-0.2, 0) is 6.54 Å². The van der Waals surface area contributed by atoms with Gasteiger partial charge in [0, 0.05) is 18.0 Å². The van der Waals surface area contributed by atoms with Gasteiger partial charge in [-0.2, -0.15) is 0 Å². The first-order valence-corrected chi connectivity index (χ1v) is 9.81. The third-order valence-corrected chi connectivity index (χ3v) is 4.76. The van der Waals surface area contributed by atoms with Crippen molar-refractivity contribution < 1.29 is 9.90 Å². The number of allylic oxidation sites excluding steroid dienone is 1. The molecule has 0 fully saturated rings. The van der Waals surface area contributed by atoms with E-state index < -0.39 is 34.6 Å². The van der Waals surface area contributed by atoms with E-state index in [-0.39, 0.29) is 0 Å². The van der Waals surface area contributed by atoms with Gasteiger partial charge in [0.15, 0.2) is 5.69 Å². The Morgan fingerprint density at radius 1 is 1.12 bits per heavy atom. The molecule has 0 unspecified atom stereocenters. The molecule has 164 valence electrons. The number of aliphatic imine (C=N–C) groups is 1. The monoisotopic (exact) mass is 433 g/mol. The van der Waals surface area contributed by atoms with Crippen LogP contribution in [0, 0.1) is 0 Å². The Hall–Kier alpha value is -4.40. The molecule has 0 aliphatic rings. The van der Waals surface area contributed by atoms with E-state index in [1.165, 1.54) is 6.20 Å². The predicted molar refractivity (Wildman–Crippen MR) is 122 cm³/mol. The van der Waals surface area contributed by atoms with Crippen molar-refractivity contribution in [3.05, 3.63) is 104 Å². The van der Waals surface area contributed by atoms with Crippen LogP contribution in [0.4, 0.5) is 0 Å². The van der Waals surface area contributed by atoms with Crippen molar-refractivity contribution in [2.75, 3.05) is 0 Å². The third-order valence-electron chi connectivity index (χ3n) is 4.76. The maximum absolute atomic E-state index is 12.4. The van der Waals surface area contributed by atoms with Gasteiger partial charge in [-0.05, 0) is 23.6 Å². The van der Waals surface area contributed by atoms with Crippen molar-refractivity contribution in [3.63, 3.8) is 0 Å². The highest BCUT2D eigenvalue weighted by atomic mass is 16.3. The van der Waals surface area contributed by atoms with E-state index in [0.717, 1.165) is 22.3 Å². The Kier molecular flexibility index (Phi) is 7.02. The Labute approximate surface area is 183 Å². The third kappa shape index (κ3) is 5.39. The molecule has 6 N–H and O–H groups in total. The van der Waals surface area contributed by atoms with Crippen molar-refractivity contribution in [3.8, 4) is 5.75 Å². The van der Waals surface area contributed by atoms with Crippen LogP contribution in [0.15, 0.2) is 75.4 Å². The molecule has 0 aliphatic heterocycles. The number of hydrogen-bond acceptors (Lipinski definition) is 6. The normalized spacial score (nSPS) is 12.6. The van der Waals surface area contributed by atoms with E-state index in [1.54, 1.807) is 13.1 Å². The lowest BCUT2D eigenvalue weighted by Gasteiger charge is -2.15. The maximum atomic E-state index is 12.4. The number of aromatic nitrogens is 2. The van der Waals surface area contributed by atoms with E-state index in [9.17, 15) is 19.5 Å². The summed E-state index contributed by atoms with van der Waals surface area (Å²) in [6, 6.07) is 16.7. The molecule has 1 atom stereocenters. The van der Waals surface area contributed by atoms with Crippen LogP contribution < -0.4 is 22.3 Å². The summed E-state index contributed by atoms with van der Waals surface area (Å²) in [4.78, 5) is 43.6. The maximum Gasteiger partial charge on any atom is 0.326 e. The first kappa shape index (κ1) is 22.3. The van der Waals surface area contributed by atoms with Crippen LogP contribution in [0.3, 0.4) is 0 Å². The van der Waals surface area contributed by atoms with Crippen LogP contribution >= 0.6 is 0 Å². The smallest absolute Gasteiger partial charge is 0.326 e. The zero-order chi connectivity index (χ0) is 23.1. The summed E-state index contributed by atoms with van der Waals surface area (Å²) in [6.45, 7) is 2.27. The van der Waals surface area contributed by atoms with E-state index >= 15 is 0 Å². The number of rotatable bonds is 7. The standard InChI is InChI=1S/C23H23N5O4/c1-14(26-21(30)19-20(29)22(31)28-23(32)27-19)16-7-9-17(10-8-16)18(11-24)13-25-12-15-5-3-2-4-6-15/h2-11,13-14,29H,12,24H2,1H3,(H,26,30)(H2,27,28,31,32)/b18-11+,25-13?/t14-/m1/s1. The zero-order valence-corrected chi connectivity index (χ0v) is 17.3. The minimum Gasteiger partial charge on any atom is -0.501 e. The number of carbonyl (C=O) groups excluding carboxylic acids is 1. The van der Waals surface area contributed by atoms with Gasteiger partial charge in [0.25, 0.3) is 11.5 Å². The SMILES string of the molecule is C[C@@H](NC(=O)c1[nH]c(=O)[nH]c(=O)c1O)c1ccc(/C(C=NCc2ccccc2)=C/N)cc1. The summed E-state index contributed by atoms with van der Waals surface area (Å²) in [6.07, 6.45) is 3.18.